The molecule has 0 radical (unpaired) electrons. The highest BCUT2D eigenvalue weighted by molar-refractivity contribution is 6.00. The molecule has 7 heteroatoms. The van der Waals surface area contributed by atoms with Crippen LogP contribution in [-0.2, 0) is 19.9 Å². The Labute approximate surface area is 192 Å². The Hall–Kier alpha value is -3.00. The molecule has 1 amide bonds. The first-order valence-electron chi connectivity index (χ1n) is 10.9. The Morgan fingerprint density at radius 3 is 2.42 bits per heavy atom. The topological polar surface area (TPSA) is 116 Å². The van der Waals surface area contributed by atoms with Gasteiger partial charge in [-0.05, 0) is 42.9 Å². The van der Waals surface area contributed by atoms with E-state index in [1.807, 2.05) is 13.0 Å². The van der Waals surface area contributed by atoms with Crippen molar-refractivity contribution in [3.63, 3.8) is 0 Å². The third kappa shape index (κ3) is 3.86. The minimum absolute atomic E-state index is 0.151. The maximum atomic E-state index is 12.7. The first-order valence-corrected chi connectivity index (χ1v) is 10.9. The highest BCUT2D eigenvalue weighted by atomic mass is 16.5. The van der Waals surface area contributed by atoms with Crippen molar-refractivity contribution in [3.8, 4) is 5.75 Å². The number of aliphatic hydroxyl groups is 2. The van der Waals surface area contributed by atoms with E-state index in [4.69, 9.17) is 4.74 Å². The van der Waals surface area contributed by atoms with E-state index < -0.39 is 28.6 Å². The van der Waals surface area contributed by atoms with Gasteiger partial charge in [-0.2, -0.15) is 0 Å². The number of allylic oxidation sites excluding steroid dienone is 1. The third-order valence-corrected chi connectivity index (χ3v) is 6.85. The lowest BCUT2D eigenvalue weighted by atomic mass is 9.68. The van der Waals surface area contributed by atoms with Gasteiger partial charge < -0.3 is 25.4 Å². The summed E-state index contributed by atoms with van der Waals surface area (Å²) >= 11 is 0. The van der Waals surface area contributed by atoms with Crippen LogP contribution in [0.3, 0.4) is 0 Å². The van der Waals surface area contributed by atoms with Gasteiger partial charge in [0.15, 0.2) is 17.5 Å². The first kappa shape index (κ1) is 23.2. The Bertz CT molecular complexity index is 1130. The maximum absolute atomic E-state index is 12.7. The summed E-state index contributed by atoms with van der Waals surface area (Å²) in [4.78, 5) is 24.7. The number of fused-ring (bicyclic) bond motifs is 1. The molecule has 0 bridgehead atoms. The lowest BCUT2D eigenvalue weighted by Gasteiger charge is -2.40. The number of methoxy groups -OCH3 is 1. The smallest absolute Gasteiger partial charge is 0.257 e. The van der Waals surface area contributed by atoms with Gasteiger partial charge in [-0.3, -0.25) is 9.59 Å². The molecule has 4 atom stereocenters. The highest BCUT2D eigenvalue weighted by Crippen LogP contribution is 2.48. The van der Waals surface area contributed by atoms with Gasteiger partial charge in [-0.15, -0.1) is 0 Å². The van der Waals surface area contributed by atoms with E-state index in [-0.39, 0.29) is 29.9 Å². The number of carbonyl (C=O) groups excluding carboxylic acids is 2. The third-order valence-electron chi connectivity index (χ3n) is 6.85. The molecule has 4 rings (SSSR count). The van der Waals surface area contributed by atoms with E-state index in [1.54, 1.807) is 48.5 Å². The zero-order chi connectivity index (χ0) is 24.0. The van der Waals surface area contributed by atoms with Gasteiger partial charge in [0.05, 0.1) is 11.3 Å². The number of Topliss-reactive ketones (excluding diaryl/α,β-unsaturated/α-hetero) is 1. The normalized spacial score (nSPS) is 32.0. The Morgan fingerprint density at radius 1 is 1.09 bits per heavy atom. The number of ether oxygens (including phenoxy) is 1. The van der Waals surface area contributed by atoms with Crippen LogP contribution < -0.4 is 5.32 Å². The molecule has 1 aliphatic carbocycles. The molecule has 1 aliphatic heterocycles. The summed E-state index contributed by atoms with van der Waals surface area (Å²) in [6, 6.07) is 11.9. The molecule has 33 heavy (non-hydrogen) atoms. The predicted octanol–water partition coefficient (Wildman–Crippen LogP) is 3.12. The van der Waals surface area contributed by atoms with Crippen molar-refractivity contribution >= 4 is 23.5 Å². The summed E-state index contributed by atoms with van der Waals surface area (Å²) in [7, 11) is 1.33. The fourth-order valence-electron chi connectivity index (χ4n) is 5.09. The van der Waals surface area contributed by atoms with Crippen molar-refractivity contribution in [1.29, 1.82) is 0 Å². The predicted molar refractivity (Wildman–Crippen MR) is 124 cm³/mol. The van der Waals surface area contributed by atoms with Crippen LogP contribution in [0.15, 0.2) is 48.5 Å². The number of phenolic OH excluding ortho intramolecular Hbond substituents is 1. The molecule has 0 unspecified atom stereocenters. The number of ketones is 1. The number of phenols is 1. The van der Waals surface area contributed by atoms with Crippen LogP contribution in [0.1, 0.15) is 49.8 Å². The molecule has 0 saturated heterocycles. The monoisotopic (exact) mass is 451 g/mol. The Kier molecular flexibility index (Phi) is 5.68. The van der Waals surface area contributed by atoms with Crippen molar-refractivity contribution in [3.05, 3.63) is 65.2 Å². The van der Waals surface area contributed by atoms with Crippen LogP contribution in [0, 0.1) is 5.41 Å². The average molecular weight is 452 g/mol. The second kappa shape index (κ2) is 8.09. The molecule has 2 aromatic rings. The molecular weight excluding hydrogens is 422 g/mol. The average Bonchev–Trinajstić information content (AvgIpc) is 2.76. The molecule has 0 spiro atoms. The summed E-state index contributed by atoms with van der Waals surface area (Å²) in [5.41, 5.74) is -2.45. The lowest BCUT2D eigenvalue weighted by Crippen LogP contribution is -2.52. The number of nitrogens with one attached hydrogen (secondary N) is 1. The molecule has 4 N–H and O–H groups in total. The van der Waals surface area contributed by atoms with Gasteiger partial charge in [0.2, 0.25) is 0 Å². The van der Waals surface area contributed by atoms with Gasteiger partial charge in [-0.25, -0.2) is 0 Å². The number of benzene rings is 2. The first-order chi connectivity index (χ1) is 15.5. The molecule has 174 valence electrons. The van der Waals surface area contributed by atoms with Gasteiger partial charge >= 0.3 is 0 Å². The molecule has 0 aromatic heterocycles. The van der Waals surface area contributed by atoms with Gasteiger partial charge in [0.1, 0.15) is 11.4 Å². The van der Waals surface area contributed by atoms with E-state index in [1.165, 1.54) is 14.0 Å². The van der Waals surface area contributed by atoms with E-state index in [0.29, 0.717) is 23.2 Å². The molecule has 2 aliphatic rings. The largest absolute Gasteiger partial charge is 0.507 e. The van der Waals surface area contributed by atoms with E-state index in [9.17, 15) is 24.9 Å². The zero-order valence-electron chi connectivity index (χ0n) is 19.0. The second-order valence-corrected chi connectivity index (χ2v) is 9.52. The number of hydrogen-bond acceptors (Lipinski definition) is 6. The molecule has 1 heterocycles. The standard InChI is InChI=1S/C26H29NO6/c1-24(14-12-19(28)25(2,31)15-24)13-11-16-9-10-18-20(21(16)29)26(32,17-7-5-4-6-8-17)22(33-3)23(30)27-18/h4-11,13,22,29,31-32H,12,14-15H2,1-3H3,(H,27,30)/b13-11+/t22-,24-,25+,26+/m1/s1. The van der Waals surface area contributed by atoms with Crippen molar-refractivity contribution in [2.24, 2.45) is 5.41 Å². The maximum Gasteiger partial charge on any atom is 0.257 e. The minimum atomic E-state index is -1.91. The molecule has 7 nitrogen and oxygen atoms in total. The number of aromatic hydroxyl groups is 1. The lowest BCUT2D eigenvalue weighted by molar-refractivity contribution is -0.143. The molecule has 1 fully saturated rings. The van der Waals surface area contributed by atoms with Crippen molar-refractivity contribution in [2.45, 2.75) is 50.4 Å². The Morgan fingerprint density at radius 2 is 1.79 bits per heavy atom. The van der Waals surface area contributed by atoms with Crippen molar-refractivity contribution in [2.75, 3.05) is 12.4 Å². The fourth-order valence-corrected chi connectivity index (χ4v) is 5.09. The van der Waals surface area contributed by atoms with Gasteiger partial charge in [-0.1, -0.05) is 49.4 Å². The summed E-state index contributed by atoms with van der Waals surface area (Å²) in [6.45, 7) is 3.49. The zero-order valence-corrected chi connectivity index (χ0v) is 19.0. The molecule has 2 aromatic carbocycles. The van der Waals surface area contributed by atoms with E-state index >= 15 is 0 Å². The number of rotatable bonds is 4. The summed E-state index contributed by atoms with van der Waals surface area (Å²) in [6.07, 6.45) is 3.47. The van der Waals surface area contributed by atoms with Gasteiger partial charge in [0, 0.05) is 19.1 Å². The van der Waals surface area contributed by atoms with Crippen LogP contribution in [0.4, 0.5) is 5.69 Å². The summed E-state index contributed by atoms with van der Waals surface area (Å²) < 4.78 is 5.38. The SMILES string of the molecule is CO[C@@H]1C(=O)Nc2ccc(/C=C/[C@]3(C)CCC(=O)[C@@](C)(O)C3)c(O)c2[C@@]1(O)c1ccccc1. The molecular formula is C26H29NO6. The van der Waals surface area contributed by atoms with E-state index in [2.05, 4.69) is 5.32 Å². The van der Waals surface area contributed by atoms with Crippen LogP contribution in [0.25, 0.3) is 6.08 Å². The summed E-state index contributed by atoms with van der Waals surface area (Å²) in [5, 5.41) is 36.3. The van der Waals surface area contributed by atoms with Crippen molar-refractivity contribution in [1.82, 2.24) is 0 Å². The van der Waals surface area contributed by atoms with E-state index in [0.717, 1.165) is 0 Å². The van der Waals surface area contributed by atoms with Crippen LogP contribution in [-0.4, -0.2) is 45.8 Å². The number of anilines is 1. The number of carbonyl (C=O) groups is 2. The van der Waals surface area contributed by atoms with Crippen molar-refractivity contribution < 1.29 is 29.6 Å². The molecule has 1 saturated carbocycles. The second-order valence-electron chi connectivity index (χ2n) is 9.52. The van der Waals surface area contributed by atoms with Crippen LogP contribution in [0.2, 0.25) is 0 Å². The quantitative estimate of drug-likeness (QED) is 0.568. The van der Waals surface area contributed by atoms with Crippen LogP contribution in [0.5, 0.6) is 5.75 Å². The number of hydrogen-bond donors (Lipinski definition) is 4. The summed E-state index contributed by atoms with van der Waals surface area (Å²) in [5.74, 6) is -0.862. The Balaban J connectivity index is 1.80. The van der Waals surface area contributed by atoms with Gasteiger partial charge in [0.25, 0.3) is 5.91 Å². The minimum Gasteiger partial charge on any atom is -0.507 e. The fraction of sp³-hybridized carbons (Fsp3) is 0.385. The highest BCUT2D eigenvalue weighted by Gasteiger charge is 2.51. The van der Waals surface area contributed by atoms with Crippen LogP contribution >= 0.6 is 0 Å². The number of amides is 1.